The monoisotopic (exact) mass is 215 g/mol. The van der Waals surface area contributed by atoms with Gasteiger partial charge in [-0.1, -0.05) is 6.07 Å². The predicted molar refractivity (Wildman–Crippen MR) is 65.0 cm³/mol. The molecule has 0 amide bonds. The van der Waals surface area contributed by atoms with Crippen LogP contribution in [0, 0.1) is 6.92 Å². The van der Waals surface area contributed by atoms with Gasteiger partial charge in [0, 0.05) is 12.7 Å². The standard InChI is InChI=1S/C13H17N3/c1-9-7-10-3-2-4-11(12(10)16-8-9)13-14-5-6-15-13/h7-8,11H,2-6H2,1H3,(H,14,15)/t11-/m1/s1. The van der Waals surface area contributed by atoms with Gasteiger partial charge in [-0.3, -0.25) is 9.98 Å². The van der Waals surface area contributed by atoms with Gasteiger partial charge in [-0.2, -0.15) is 0 Å². The molecule has 0 radical (unpaired) electrons. The lowest BCUT2D eigenvalue weighted by molar-refractivity contribution is 0.623. The maximum Gasteiger partial charge on any atom is 0.106 e. The second-order valence-electron chi connectivity index (χ2n) is 4.70. The van der Waals surface area contributed by atoms with Gasteiger partial charge in [0.2, 0.25) is 0 Å². The molecule has 1 N–H and O–H groups in total. The zero-order valence-corrected chi connectivity index (χ0v) is 9.66. The molecule has 1 aliphatic heterocycles. The highest BCUT2D eigenvalue weighted by Gasteiger charge is 2.27. The highest BCUT2D eigenvalue weighted by molar-refractivity contribution is 5.90. The maximum absolute atomic E-state index is 4.62. The molecule has 0 spiro atoms. The Morgan fingerprint density at radius 2 is 2.38 bits per heavy atom. The molecule has 0 bridgehead atoms. The van der Waals surface area contributed by atoms with Crippen molar-refractivity contribution in [2.45, 2.75) is 32.1 Å². The summed E-state index contributed by atoms with van der Waals surface area (Å²) in [6.45, 7) is 4.03. The van der Waals surface area contributed by atoms with Gasteiger partial charge in [-0.25, -0.2) is 0 Å². The molecule has 2 aliphatic rings. The van der Waals surface area contributed by atoms with Crippen LogP contribution < -0.4 is 5.32 Å². The van der Waals surface area contributed by atoms with Crippen molar-refractivity contribution in [1.29, 1.82) is 0 Å². The summed E-state index contributed by atoms with van der Waals surface area (Å²) in [6.07, 6.45) is 5.60. The van der Waals surface area contributed by atoms with Gasteiger partial charge in [0.25, 0.3) is 0 Å². The molecule has 0 aromatic carbocycles. The molecule has 0 fully saturated rings. The van der Waals surface area contributed by atoms with Crippen LogP contribution in [0.4, 0.5) is 0 Å². The normalized spacial score (nSPS) is 23.6. The molecule has 0 saturated carbocycles. The maximum atomic E-state index is 4.62. The Kier molecular flexibility index (Phi) is 2.39. The Bertz CT molecular complexity index is 437. The molecule has 0 saturated heterocycles. The molecule has 3 heteroatoms. The lowest BCUT2D eigenvalue weighted by atomic mass is 9.85. The summed E-state index contributed by atoms with van der Waals surface area (Å²) in [6, 6.07) is 2.28. The van der Waals surface area contributed by atoms with Gasteiger partial charge in [0.1, 0.15) is 5.84 Å². The molecule has 3 nitrogen and oxygen atoms in total. The first-order valence-corrected chi connectivity index (χ1v) is 6.08. The van der Waals surface area contributed by atoms with Crippen molar-refractivity contribution in [3.8, 4) is 0 Å². The molecular formula is C13H17N3. The Labute approximate surface area is 96.0 Å². The van der Waals surface area contributed by atoms with E-state index in [2.05, 4.69) is 28.3 Å². The smallest absolute Gasteiger partial charge is 0.106 e. The predicted octanol–water partition coefficient (Wildman–Crippen LogP) is 1.81. The van der Waals surface area contributed by atoms with E-state index in [1.165, 1.54) is 36.1 Å². The summed E-state index contributed by atoms with van der Waals surface area (Å²) >= 11 is 0. The summed E-state index contributed by atoms with van der Waals surface area (Å²) in [5, 5.41) is 3.39. The molecule has 16 heavy (non-hydrogen) atoms. The minimum atomic E-state index is 0.423. The van der Waals surface area contributed by atoms with Crippen molar-refractivity contribution in [3.63, 3.8) is 0 Å². The second-order valence-corrected chi connectivity index (χ2v) is 4.70. The quantitative estimate of drug-likeness (QED) is 0.775. The Hall–Kier alpha value is -1.38. The van der Waals surface area contributed by atoms with E-state index in [9.17, 15) is 0 Å². The van der Waals surface area contributed by atoms with Crippen LogP contribution in [0.25, 0.3) is 0 Å². The third kappa shape index (κ3) is 1.60. The van der Waals surface area contributed by atoms with Gasteiger partial charge in [-0.15, -0.1) is 0 Å². The van der Waals surface area contributed by atoms with E-state index in [1.54, 1.807) is 0 Å². The zero-order valence-electron chi connectivity index (χ0n) is 9.66. The number of nitrogens with one attached hydrogen (secondary N) is 1. The number of fused-ring (bicyclic) bond motifs is 1. The number of hydrogen-bond acceptors (Lipinski definition) is 3. The fourth-order valence-electron chi connectivity index (χ4n) is 2.70. The van der Waals surface area contributed by atoms with Crippen LogP contribution in [0.2, 0.25) is 0 Å². The van der Waals surface area contributed by atoms with Crippen molar-refractivity contribution in [2.24, 2.45) is 4.99 Å². The highest BCUT2D eigenvalue weighted by atomic mass is 15.1. The van der Waals surface area contributed by atoms with Gasteiger partial charge >= 0.3 is 0 Å². The highest BCUT2D eigenvalue weighted by Crippen LogP contribution is 2.31. The van der Waals surface area contributed by atoms with Crippen molar-refractivity contribution in [3.05, 3.63) is 29.1 Å². The second kappa shape index (κ2) is 3.89. The zero-order chi connectivity index (χ0) is 11.0. The molecule has 2 heterocycles. The molecular weight excluding hydrogens is 198 g/mol. The van der Waals surface area contributed by atoms with Gasteiger partial charge in [0.05, 0.1) is 18.2 Å². The Morgan fingerprint density at radius 3 is 3.19 bits per heavy atom. The molecule has 3 rings (SSSR count). The van der Waals surface area contributed by atoms with E-state index in [0.717, 1.165) is 18.9 Å². The fraction of sp³-hybridized carbons (Fsp3) is 0.538. The van der Waals surface area contributed by atoms with Gasteiger partial charge in [0.15, 0.2) is 0 Å². The number of amidine groups is 1. The van der Waals surface area contributed by atoms with Crippen molar-refractivity contribution in [2.75, 3.05) is 13.1 Å². The summed E-state index contributed by atoms with van der Waals surface area (Å²) in [5.74, 6) is 1.59. The lowest BCUT2D eigenvalue weighted by Crippen LogP contribution is -2.29. The van der Waals surface area contributed by atoms with Crippen LogP contribution in [-0.4, -0.2) is 23.9 Å². The minimum absolute atomic E-state index is 0.423. The SMILES string of the molecule is Cc1cnc2c(c1)CCC[C@H]2C1=NCCN1. The number of nitrogens with zero attached hydrogens (tertiary/aromatic N) is 2. The average molecular weight is 215 g/mol. The van der Waals surface area contributed by atoms with Crippen LogP contribution in [-0.2, 0) is 6.42 Å². The molecule has 1 aromatic rings. The van der Waals surface area contributed by atoms with Crippen molar-refractivity contribution < 1.29 is 0 Å². The first-order valence-electron chi connectivity index (χ1n) is 6.08. The summed E-state index contributed by atoms with van der Waals surface area (Å²) in [7, 11) is 0. The lowest BCUT2D eigenvalue weighted by Gasteiger charge is -2.24. The first-order chi connectivity index (χ1) is 7.84. The van der Waals surface area contributed by atoms with E-state index in [4.69, 9.17) is 0 Å². The topological polar surface area (TPSA) is 37.3 Å². The number of rotatable bonds is 1. The number of aromatic nitrogens is 1. The van der Waals surface area contributed by atoms with E-state index >= 15 is 0 Å². The molecule has 0 unspecified atom stereocenters. The Morgan fingerprint density at radius 1 is 1.44 bits per heavy atom. The number of pyridine rings is 1. The van der Waals surface area contributed by atoms with Crippen LogP contribution in [0.5, 0.6) is 0 Å². The van der Waals surface area contributed by atoms with Gasteiger partial charge in [-0.05, 0) is 37.3 Å². The largest absolute Gasteiger partial charge is 0.371 e. The number of aryl methyl sites for hydroxylation is 2. The molecule has 1 atom stereocenters. The van der Waals surface area contributed by atoms with E-state index < -0.39 is 0 Å². The van der Waals surface area contributed by atoms with Crippen LogP contribution >= 0.6 is 0 Å². The first kappa shape index (κ1) is 9.82. The Balaban J connectivity index is 1.99. The fourth-order valence-corrected chi connectivity index (χ4v) is 2.70. The van der Waals surface area contributed by atoms with E-state index in [-0.39, 0.29) is 0 Å². The summed E-state index contributed by atoms with van der Waals surface area (Å²) in [4.78, 5) is 9.17. The van der Waals surface area contributed by atoms with Crippen LogP contribution in [0.15, 0.2) is 17.3 Å². The molecule has 1 aromatic heterocycles. The average Bonchev–Trinajstić information content (AvgIpc) is 2.81. The third-order valence-corrected chi connectivity index (χ3v) is 3.44. The molecule has 84 valence electrons. The van der Waals surface area contributed by atoms with Crippen LogP contribution in [0.3, 0.4) is 0 Å². The van der Waals surface area contributed by atoms with Crippen LogP contribution in [0.1, 0.15) is 35.6 Å². The number of hydrogen-bond donors (Lipinski definition) is 1. The third-order valence-electron chi connectivity index (χ3n) is 3.44. The summed E-state index contributed by atoms with van der Waals surface area (Å²) < 4.78 is 0. The molecule has 1 aliphatic carbocycles. The summed E-state index contributed by atoms with van der Waals surface area (Å²) in [5.41, 5.74) is 3.94. The van der Waals surface area contributed by atoms with E-state index in [1.807, 2.05) is 6.20 Å². The van der Waals surface area contributed by atoms with Crippen molar-refractivity contribution >= 4 is 5.84 Å². The minimum Gasteiger partial charge on any atom is -0.371 e. The number of aliphatic imine (C=N–C) groups is 1. The van der Waals surface area contributed by atoms with Gasteiger partial charge < -0.3 is 5.32 Å². The van der Waals surface area contributed by atoms with E-state index in [0.29, 0.717) is 5.92 Å². The van der Waals surface area contributed by atoms with Crippen molar-refractivity contribution in [1.82, 2.24) is 10.3 Å².